The summed E-state index contributed by atoms with van der Waals surface area (Å²) in [6.45, 7) is 8.76. The van der Waals surface area contributed by atoms with E-state index in [-0.39, 0.29) is 17.6 Å². The first-order chi connectivity index (χ1) is 16.4. The third-order valence-electron chi connectivity index (χ3n) is 7.01. The summed E-state index contributed by atoms with van der Waals surface area (Å²) in [6.07, 6.45) is 7.70. The molecule has 0 aliphatic heterocycles. The van der Waals surface area contributed by atoms with Crippen LogP contribution in [0, 0.1) is 0 Å². The molecule has 1 aromatic carbocycles. The zero-order valence-corrected chi connectivity index (χ0v) is 20.6. The van der Waals surface area contributed by atoms with Gasteiger partial charge < -0.3 is 15.0 Å². The summed E-state index contributed by atoms with van der Waals surface area (Å²) in [5.74, 6) is 0.948. The number of ether oxygens (including phenoxy) is 1. The molecule has 8 nitrogen and oxygen atoms in total. The quantitative estimate of drug-likeness (QED) is 0.435. The molecule has 0 atom stereocenters. The third-order valence-corrected chi connectivity index (χ3v) is 7.01. The molecule has 0 amide bonds. The lowest BCUT2D eigenvalue weighted by Gasteiger charge is -2.31. The predicted octanol–water partition coefficient (Wildman–Crippen LogP) is 4.65. The van der Waals surface area contributed by atoms with Crippen LogP contribution in [0.25, 0.3) is 27.8 Å². The number of aromatic amines is 1. The minimum absolute atomic E-state index is 0.0218. The van der Waals surface area contributed by atoms with E-state index in [0.29, 0.717) is 23.5 Å². The van der Waals surface area contributed by atoms with Crippen LogP contribution in [0.5, 0.6) is 5.75 Å². The largest absolute Gasteiger partial charge is 0.493 e. The van der Waals surface area contributed by atoms with Gasteiger partial charge in [0.1, 0.15) is 6.33 Å². The van der Waals surface area contributed by atoms with E-state index in [4.69, 9.17) is 4.74 Å². The highest BCUT2D eigenvalue weighted by Gasteiger charge is 2.26. The second-order valence-corrected chi connectivity index (χ2v) is 10.1. The van der Waals surface area contributed by atoms with Crippen LogP contribution in [0.2, 0.25) is 0 Å². The highest BCUT2D eigenvalue weighted by Crippen LogP contribution is 2.37. The molecule has 0 bridgehead atoms. The predicted molar refractivity (Wildman–Crippen MR) is 135 cm³/mol. The lowest BCUT2D eigenvalue weighted by Crippen LogP contribution is -2.38. The number of hydrogen-bond donors (Lipinski definition) is 2. The number of hydrogen-bond acceptors (Lipinski definition) is 5. The molecule has 0 saturated heterocycles. The van der Waals surface area contributed by atoms with Crippen molar-refractivity contribution in [3.63, 3.8) is 0 Å². The first-order valence-corrected chi connectivity index (χ1v) is 12.3. The van der Waals surface area contributed by atoms with Gasteiger partial charge >= 0.3 is 5.69 Å². The Kier molecular flexibility index (Phi) is 5.93. The Morgan fingerprint density at radius 3 is 2.56 bits per heavy atom. The first-order valence-electron chi connectivity index (χ1n) is 12.3. The minimum Gasteiger partial charge on any atom is -0.493 e. The van der Waals surface area contributed by atoms with Crippen molar-refractivity contribution in [3.8, 4) is 16.9 Å². The smallest absolute Gasteiger partial charge is 0.326 e. The van der Waals surface area contributed by atoms with Crippen LogP contribution in [0.4, 0.5) is 0 Å². The van der Waals surface area contributed by atoms with Gasteiger partial charge in [-0.15, -0.1) is 0 Å². The Hall–Kier alpha value is -3.13. The van der Waals surface area contributed by atoms with E-state index >= 15 is 0 Å². The molecule has 4 aromatic rings. The number of imidazole rings is 1. The Labute approximate surface area is 199 Å². The van der Waals surface area contributed by atoms with Gasteiger partial charge in [-0.05, 0) is 60.9 Å². The molecule has 8 heteroatoms. The number of aromatic nitrogens is 5. The Morgan fingerprint density at radius 1 is 1.12 bits per heavy atom. The number of methoxy groups -OCH3 is 1. The van der Waals surface area contributed by atoms with E-state index < -0.39 is 0 Å². The molecule has 1 aliphatic carbocycles. The van der Waals surface area contributed by atoms with Crippen LogP contribution < -0.4 is 15.7 Å². The summed E-state index contributed by atoms with van der Waals surface area (Å²) in [7, 11) is 1.64. The summed E-state index contributed by atoms with van der Waals surface area (Å²) in [5, 5.41) is 7.96. The van der Waals surface area contributed by atoms with Crippen LogP contribution in [-0.4, -0.2) is 43.3 Å². The second-order valence-electron chi connectivity index (χ2n) is 10.1. The molecule has 2 N–H and O–H groups in total. The van der Waals surface area contributed by atoms with Crippen molar-refractivity contribution in [2.45, 2.75) is 77.4 Å². The van der Waals surface area contributed by atoms with Gasteiger partial charge in [0.05, 0.1) is 18.1 Å². The fourth-order valence-corrected chi connectivity index (χ4v) is 5.44. The summed E-state index contributed by atoms with van der Waals surface area (Å²) in [6, 6.07) is 7.55. The van der Waals surface area contributed by atoms with Crippen molar-refractivity contribution in [2.75, 3.05) is 7.11 Å². The maximum Gasteiger partial charge on any atom is 0.326 e. The third kappa shape index (κ3) is 4.00. The molecule has 1 saturated carbocycles. The normalized spacial score (nSPS) is 19.0. The second kappa shape index (κ2) is 8.91. The SMILES string of the molecule is COc1cc(-c2cc3[nH]c(=O)n([C@H]4CC[C@H](NC(C)C)CC4)c3cc2C(C)C)cn2ncnc12. The number of benzene rings is 1. The van der Waals surface area contributed by atoms with Gasteiger partial charge in [0.2, 0.25) is 0 Å². The summed E-state index contributed by atoms with van der Waals surface area (Å²) in [5.41, 5.74) is 5.76. The van der Waals surface area contributed by atoms with Crippen molar-refractivity contribution in [2.24, 2.45) is 0 Å². The molecule has 0 radical (unpaired) electrons. The molecule has 1 fully saturated rings. The van der Waals surface area contributed by atoms with Crippen molar-refractivity contribution >= 4 is 16.7 Å². The van der Waals surface area contributed by atoms with E-state index in [2.05, 4.69) is 60.2 Å². The molecule has 34 heavy (non-hydrogen) atoms. The minimum atomic E-state index is -0.0218. The fraction of sp³-hybridized carbons (Fsp3) is 0.500. The van der Waals surface area contributed by atoms with Gasteiger partial charge in [0.25, 0.3) is 0 Å². The molecule has 0 unspecified atom stereocenters. The van der Waals surface area contributed by atoms with E-state index in [1.54, 1.807) is 11.6 Å². The molecule has 3 aromatic heterocycles. The van der Waals surface area contributed by atoms with Gasteiger partial charge in [-0.3, -0.25) is 4.57 Å². The topological polar surface area (TPSA) is 89.2 Å². The van der Waals surface area contributed by atoms with Crippen molar-refractivity contribution in [1.82, 2.24) is 29.5 Å². The number of rotatable bonds is 6. The highest BCUT2D eigenvalue weighted by atomic mass is 16.5. The van der Waals surface area contributed by atoms with Crippen molar-refractivity contribution in [3.05, 3.63) is 46.8 Å². The number of fused-ring (bicyclic) bond motifs is 2. The first kappa shape index (κ1) is 22.7. The Bertz CT molecular complexity index is 1370. The lowest BCUT2D eigenvalue weighted by molar-refractivity contribution is 0.281. The number of nitrogens with zero attached hydrogens (tertiary/aromatic N) is 4. The van der Waals surface area contributed by atoms with Crippen LogP contribution in [0.3, 0.4) is 0 Å². The maximum atomic E-state index is 13.1. The lowest BCUT2D eigenvalue weighted by atomic mass is 9.90. The standard InChI is InChI=1S/C26H34N6O2/c1-15(2)20-12-23-22(11-21(20)17-10-24(34-5)25-27-14-28-31(25)13-17)30-26(33)32(23)19-8-6-18(7-9-19)29-16(3)4/h10-16,18-19,29H,6-9H2,1-5H3,(H,30,33)/t18-,19-. The van der Waals surface area contributed by atoms with Gasteiger partial charge in [0.15, 0.2) is 11.4 Å². The van der Waals surface area contributed by atoms with E-state index in [0.717, 1.165) is 47.8 Å². The molecular formula is C26H34N6O2. The van der Waals surface area contributed by atoms with Crippen LogP contribution in [-0.2, 0) is 0 Å². The summed E-state index contributed by atoms with van der Waals surface area (Å²) in [4.78, 5) is 20.5. The van der Waals surface area contributed by atoms with Crippen LogP contribution >= 0.6 is 0 Å². The molecule has 3 heterocycles. The highest BCUT2D eigenvalue weighted by molar-refractivity contribution is 5.85. The van der Waals surface area contributed by atoms with Crippen molar-refractivity contribution in [1.29, 1.82) is 0 Å². The van der Waals surface area contributed by atoms with Gasteiger partial charge in [-0.25, -0.2) is 14.3 Å². The molecule has 180 valence electrons. The molecule has 1 aliphatic rings. The van der Waals surface area contributed by atoms with Gasteiger partial charge in [-0.1, -0.05) is 27.7 Å². The van der Waals surface area contributed by atoms with E-state index in [9.17, 15) is 4.79 Å². The average molecular weight is 463 g/mol. The Balaban J connectivity index is 1.58. The van der Waals surface area contributed by atoms with E-state index in [1.165, 1.54) is 11.9 Å². The van der Waals surface area contributed by atoms with Crippen LogP contribution in [0.15, 0.2) is 35.5 Å². The van der Waals surface area contributed by atoms with E-state index in [1.807, 2.05) is 16.8 Å². The Morgan fingerprint density at radius 2 is 1.88 bits per heavy atom. The molecule has 5 rings (SSSR count). The number of nitrogens with one attached hydrogen (secondary N) is 2. The number of pyridine rings is 1. The van der Waals surface area contributed by atoms with Gasteiger partial charge in [-0.2, -0.15) is 5.10 Å². The number of H-pyrrole nitrogens is 1. The summed E-state index contributed by atoms with van der Waals surface area (Å²) >= 11 is 0. The molecular weight excluding hydrogens is 428 g/mol. The monoisotopic (exact) mass is 462 g/mol. The molecule has 0 spiro atoms. The summed E-state index contributed by atoms with van der Waals surface area (Å²) < 4.78 is 9.31. The van der Waals surface area contributed by atoms with Crippen LogP contribution in [0.1, 0.15) is 70.9 Å². The average Bonchev–Trinajstić information content (AvgIpc) is 3.40. The van der Waals surface area contributed by atoms with Crippen molar-refractivity contribution < 1.29 is 4.74 Å². The van der Waals surface area contributed by atoms with Gasteiger partial charge in [0, 0.05) is 29.9 Å². The maximum absolute atomic E-state index is 13.1. The fourth-order valence-electron chi connectivity index (χ4n) is 5.44. The zero-order valence-electron chi connectivity index (χ0n) is 20.6. The zero-order chi connectivity index (χ0) is 24.0.